The highest BCUT2D eigenvalue weighted by molar-refractivity contribution is 4.91. The number of allylic oxidation sites excluding steroid dienone is 2. The molecular weight excluding hydrogens is 292 g/mol. The summed E-state index contributed by atoms with van der Waals surface area (Å²) in [6, 6.07) is 0. The van der Waals surface area contributed by atoms with Crippen molar-refractivity contribution in [2.45, 2.75) is 84.0 Å². The summed E-state index contributed by atoms with van der Waals surface area (Å²) in [6.45, 7) is 7.66. The highest BCUT2D eigenvalue weighted by atomic mass is 16.5. The van der Waals surface area contributed by atoms with Gasteiger partial charge in [-0.25, -0.2) is 0 Å². The molecule has 0 spiro atoms. The fourth-order valence-corrected chi connectivity index (χ4v) is 4.60. The molecule has 0 aromatic rings. The Bertz CT molecular complexity index is 343. The zero-order valence-corrected chi connectivity index (χ0v) is 16.1. The van der Waals surface area contributed by atoms with Crippen LogP contribution in [0, 0.1) is 23.7 Å². The predicted octanol–water partition coefficient (Wildman–Crippen LogP) is 6.94. The quantitative estimate of drug-likeness (QED) is 0.311. The molecule has 0 N–H and O–H groups in total. The van der Waals surface area contributed by atoms with E-state index in [0.717, 1.165) is 36.9 Å². The first kappa shape index (κ1) is 19.8. The molecule has 0 amide bonds. The molecule has 0 aromatic heterocycles. The van der Waals surface area contributed by atoms with E-state index in [1.165, 1.54) is 77.0 Å². The Kier molecular flexibility index (Phi) is 9.80. The molecule has 0 aromatic carbocycles. The predicted molar refractivity (Wildman–Crippen MR) is 105 cm³/mol. The summed E-state index contributed by atoms with van der Waals surface area (Å²) in [5.41, 5.74) is 0. The maximum atomic E-state index is 5.63. The topological polar surface area (TPSA) is 9.23 Å². The Hall–Kier alpha value is -0.560. The fourth-order valence-electron chi connectivity index (χ4n) is 4.60. The molecule has 2 aliphatic carbocycles. The average Bonchev–Trinajstić information content (AvgIpc) is 2.63. The zero-order chi connectivity index (χ0) is 17.0. The highest BCUT2D eigenvalue weighted by Gasteiger charge is 2.24. The second-order valence-corrected chi connectivity index (χ2v) is 8.29. The van der Waals surface area contributed by atoms with Gasteiger partial charge in [-0.15, -0.1) is 6.58 Å². The summed E-state index contributed by atoms with van der Waals surface area (Å²) in [5.74, 6) is 3.72. The van der Waals surface area contributed by atoms with E-state index < -0.39 is 0 Å². The first-order valence-electron chi connectivity index (χ1n) is 10.7. The fraction of sp³-hybridized carbons (Fsp3) is 0.826. The van der Waals surface area contributed by atoms with Crippen molar-refractivity contribution in [1.82, 2.24) is 0 Å². The van der Waals surface area contributed by atoms with Crippen molar-refractivity contribution in [3.8, 4) is 0 Å². The summed E-state index contributed by atoms with van der Waals surface area (Å²) in [6.07, 6.45) is 23.8. The Labute approximate surface area is 150 Å². The molecule has 0 bridgehead atoms. The molecule has 1 nitrogen and oxygen atoms in total. The van der Waals surface area contributed by atoms with Crippen molar-refractivity contribution >= 4 is 0 Å². The van der Waals surface area contributed by atoms with Gasteiger partial charge in [-0.2, -0.15) is 0 Å². The van der Waals surface area contributed by atoms with Crippen molar-refractivity contribution in [3.63, 3.8) is 0 Å². The number of ether oxygens (including phenoxy) is 1. The smallest absolute Gasteiger partial charge is 0.0644 e. The molecule has 138 valence electrons. The SMILES string of the molecule is C=CCOCC1CCC(CC[C@H]2CC[C@H](/C=C/CCC)CC2)CC1. The highest BCUT2D eigenvalue weighted by Crippen LogP contribution is 2.36. The van der Waals surface area contributed by atoms with Gasteiger partial charge in [-0.3, -0.25) is 0 Å². The van der Waals surface area contributed by atoms with Crippen LogP contribution in [0.15, 0.2) is 24.8 Å². The Balaban J connectivity index is 1.53. The first-order chi connectivity index (χ1) is 11.8. The van der Waals surface area contributed by atoms with Crippen molar-refractivity contribution in [2.24, 2.45) is 23.7 Å². The third kappa shape index (κ3) is 7.55. The minimum Gasteiger partial charge on any atom is -0.377 e. The normalized spacial score (nSPS) is 31.4. The van der Waals surface area contributed by atoms with Gasteiger partial charge < -0.3 is 4.74 Å². The van der Waals surface area contributed by atoms with Crippen LogP contribution < -0.4 is 0 Å². The molecule has 2 rings (SSSR count). The van der Waals surface area contributed by atoms with E-state index in [-0.39, 0.29) is 0 Å². The lowest BCUT2D eigenvalue weighted by Crippen LogP contribution is -2.20. The van der Waals surface area contributed by atoms with Gasteiger partial charge in [0, 0.05) is 6.61 Å². The van der Waals surface area contributed by atoms with E-state index in [1.54, 1.807) is 0 Å². The molecule has 0 saturated heterocycles. The lowest BCUT2D eigenvalue weighted by molar-refractivity contribution is 0.0937. The maximum absolute atomic E-state index is 5.63. The molecule has 0 heterocycles. The van der Waals surface area contributed by atoms with Gasteiger partial charge in [0.25, 0.3) is 0 Å². The van der Waals surface area contributed by atoms with Crippen LogP contribution in [0.2, 0.25) is 0 Å². The summed E-state index contributed by atoms with van der Waals surface area (Å²) >= 11 is 0. The summed E-state index contributed by atoms with van der Waals surface area (Å²) < 4.78 is 5.63. The van der Waals surface area contributed by atoms with Gasteiger partial charge in [0.1, 0.15) is 0 Å². The summed E-state index contributed by atoms with van der Waals surface area (Å²) in [4.78, 5) is 0. The minimum atomic E-state index is 0.718. The maximum Gasteiger partial charge on any atom is 0.0644 e. The molecule has 1 heteroatoms. The van der Waals surface area contributed by atoms with E-state index >= 15 is 0 Å². The Morgan fingerprint density at radius 3 is 2.04 bits per heavy atom. The van der Waals surface area contributed by atoms with Gasteiger partial charge in [-0.1, -0.05) is 57.3 Å². The van der Waals surface area contributed by atoms with Crippen LogP contribution in [-0.2, 0) is 4.74 Å². The average molecular weight is 333 g/mol. The van der Waals surface area contributed by atoms with E-state index in [1.807, 2.05) is 6.08 Å². The molecule has 24 heavy (non-hydrogen) atoms. The second kappa shape index (κ2) is 11.9. The Morgan fingerprint density at radius 2 is 1.46 bits per heavy atom. The molecule has 2 saturated carbocycles. The molecule has 0 atom stereocenters. The lowest BCUT2D eigenvalue weighted by atomic mass is 9.75. The molecule has 0 aliphatic heterocycles. The second-order valence-electron chi connectivity index (χ2n) is 8.29. The number of hydrogen-bond acceptors (Lipinski definition) is 1. The zero-order valence-electron chi connectivity index (χ0n) is 16.1. The van der Waals surface area contributed by atoms with Crippen molar-refractivity contribution in [3.05, 3.63) is 24.8 Å². The van der Waals surface area contributed by atoms with Crippen LogP contribution in [0.25, 0.3) is 0 Å². The summed E-state index contributed by atoms with van der Waals surface area (Å²) in [5, 5.41) is 0. The largest absolute Gasteiger partial charge is 0.377 e. The number of rotatable bonds is 10. The van der Waals surface area contributed by atoms with Crippen molar-refractivity contribution in [2.75, 3.05) is 13.2 Å². The number of hydrogen-bond donors (Lipinski definition) is 0. The summed E-state index contributed by atoms with van der Waals surface area (Å²) in [7, 11) is 0. The van der Waals surface area contributed by atoms with Gasteiger partial charge >= 0.3 is 0 Å². The van der Waals surface area contributed by atoms with Crippen LogP contribution in [0.1, 0.15) is 84.0 Å². The van der Waals surface area contributed by atoms with Gasteiger partial charge in [-0.05, 0) is 68.6 Å². The molecule has 0 radical (unpaired) electrons. The number of unbranched alkanes of at least 4 members (excludes halogenated alkanes) is 1. The molecule has 0 unspecified atom stereocenters. The van der Waals surface area contributed by atoms with Crippen LogP contribution in [-0.4, -0.2) is 13.2 Å². The lowest BCUT2D eigenvalue weighted by Gasteiger charge is -2.31. The van der Waals surface area contributed by atoms with E-state index in [4.69, 9.17) is 4.74 Å². The van der Waals surface area contributed by atoms with Gasteiger partial charge in [0.05, 0.1) is 6.61 Å². The van der Waals surface area contributed by atoms with E-state index in [2.05, 4.69) is 25.7 Å². The van der Waals surface area contributed by atoms with Crippen LogP contribution in [0.5, 0.6) is 0 Å². The molecule has 2 aliphatic rings. The van der Waals surface area contributed by atoms with Crippen LogP contribution in [0.3, 0.4) is 0 Å². The third-order valence-electron chi connectivity index (χ3n) is 6.29. The van der Waals surface area contributed by atoms with Crippen molar-refractivity contribution < 1.29 is 4.74 Å². The molecular formula is C23H40O. The van der Waals surface area contributed by atoms with Crippen molar-refractivity contribution in [1.29, 1.82) is 0 Å². The van der Waals surface area contributed by atoms with Crippen LogP contribution >= 0.6 is 0 Å². The van der Waals surface area contributed by atoms with E-state index in [9.17, 15) is 0 Å². The first-order valence-corrected chi connectivity index (χ1v) is 10.7. The van der Waals surface area contributed by atoms with Gasteiger partial charge in [0.15, 0.2) is 0 Å². The van der Waals surface area contributed by atoms with Gasteiger partial charge in [0.2, 0.25) is 0 Å². The molecule has 2 fully saturated rings. The monoisotopic (exact) mass is 332 g/mol. The Morgan fingerprint density at radius 1 is 0.875 bits per heavy atom. The minimum absolute atomic E-state index is 0.718. The van der Waals surface area contributed by atoms with E-state index in [0.29, 0.717) is 0 Å². The third-order valence-corrected chi connectivity index (χ3v) is 6.29. The van der Waals surface area contributed by atoms with Crippen LogP contribution in [0.4, 0.5) is 0 Å². The standard InChI is InChI=1S/C23H40O/c1-3-5-6-7-20-8-10-21(11-9-20)12-13-22-14-16-23(17-15-22)19-24-18-4-2/h4,6-7,20-23H,2-3,5,8-19H2,1H3/b7-6+/t20-,21-,22?,23?.